The van der Waals surface area contributed by atoms with Crippen LogP contribution in [0.2, 0.25) is 0 Å². The highest BCUT2D eigenvalue weighted by molar-refractivity contribution is 4.68. The highest BCUT2D eigenvalue weighted by atomic mass is 15.2. The highest BCUT2D eigenvalue weighted by Gasteiger charge is 2.11. The summed E-state index contributed by atoms with van der Waals surface area (Å²) < 4.78 is 0. The van der Waals surface area contributed by atoms with Crippen LogP contribution >= 0.6 is 0 Å². The Labute approximate surface area is 115 Å². The molecule has 18 heavy (non-hydrogen) atoms. The van der Waals surface area contributed by atoms with Crippen molar-refractivity contribution >= 4 is 0 Å². The first-order chi connectivity index (χ1) is 8.61. The Bertz CT molecular complexity index is 171. The summed E-state index contributed by atoms with van der Waals surface area (Å²) in [6.07, 6.45) is 5.24. The normalized spacial score (nSPS) is 13.5. The molecule has 0 aromatic heterocycles. The fourth-order valence-electron chi connectivity index (χ4n) is 2.38. The SMILES string of the molecule is CCCNCCCCCN(CC)C(C)CN(C)C. The van der Waals surface area contributed by atoms with Gasteiger partial charge in [0, 0.05) is 12.6 Å². The molecule has 1 unspecified atom stereocenters. The molecule has 1 N–H and O–H groups in total. The lowest BCUT2D eigenvalue weighted by Gasteiger charge is -2.29. The van der Waals surface area contributed by atoms with E-state index in [9.17, 15) is 0 Å². The van der Waals surface area contributed by atoms with Crippen molar-refractivity contribution in [2.24, 2.45) is 0 Å². The number of nitrogens with one attached hydrogen (secondary N) is 1. The van der Waals surface area contributed by atoms with Crippen molar-refractivity contribution in [2.75, 3.05) is 46.8 Å². The van der Waals surface area contributed by atoms with Gasteiger partial charge in [-0.1, -0.05) is 20.3 Å². The van der Waals surface area contributed by atoms with Gasteiger partial charge in [-0.2, -0.15) is 0 Å². The van der Waals surface area contributed by atoms with Crippen LogP contribution in [0, 0.1) is 0 Å². The molecule has 0 heterocycles. The zero-order valence-electron chi connectivity index (χ0n) is 13.3. The van der Waals surface area contributed by atoms with Crippen LogP contribution in [0.4, 0.5) is 0 Å². The fraction of sp³-hybridized carbons (Fsp3) is 1.00. The summed E-state index contributed by atoms with van der Waals surface area (Å²) >= 11 is 0. The van der Waals surface area contributed by atoms with E-state index in [1.54, 1.807) is 0 Å². The Balaban J connectivity index is 3.55. The molecule has 0 aromatic carbocycles. The van der Waals surface area contributed by atoms with E-state index >= 15 is 0 Å². The molecule has 0 aliphatic rings. The van der Waals surface area contributed by atoms with Gasteiger partial charge in [-0.05, 0) is 66.5 Å². The summed E-state index contributed by atoms with van der Waals surface area (Å²) in [5.74, 6) is 0. The van der Waals surface area contributed by atoms with Gasteiger partial charge in [-0.25, -0.2) is 0 Å². The molecule has 3 nitrogen and oxygen atoms in total. The molecule has 0 bridgehead atoms. The Morgan fingerprint density at radius 2 is 1.72 bits per heavy atom. The van der Waals surface area contributed by atoms with E-state index in [2.05, 4.69) is 50.0 Å². The molecule has 0 aliphatic heterocycles. The van der Waals surface area contributed by atoms with Gasteiger partial charge in [-0.3, -0.25) is 4.90 Å². The van der Waals surface area contributed by atoms with Gasteiger partial charge < -0.3 is 10.2 Å². The Morgan fingerprint density at radius 1 is 1.00 bits per heavy atom. The molecular weight excluding hydrogens is 222 g/mol. The lowest BCUT2D eigenvalue weighted by molar-refractivity contribution is 0.178. The van der Waals surface area contributed by atoms with Gasteiger partial charge in [0.15, 0.2) is 0 Å². The van der Waals surface area contributed by atoms with E-state index < -0.39 is 0 Å². The summed E-state index contributed by atoms with van der Waals surface area (Å²) in [7, 11) is 4.31. The van der Waals surface area contributed by atoms with Gasteiger partial charge in [0.05, 0.1) is 0 Å². The second kappa shape index (κ2) is 11.9. The molecule has 3 heteroatoms. The number of unbranched alkanes of at least 4 members (excludes halogenated alkanes) is 2. The Kier molecular flexibility index (Phi) is 11.9. The van der Waals surface area contributed by atoms with Crippen molar-refractivity contribution in [1.29, 1.82) is 0 Å². The van der Waals surface area contributed by atoms with Crippen LogP contribution in [-0.2, 0) is 0 Å². The average molecular weight is 257 g/mol. The number of hydrogen-bond acceptors (Lipinski definition) is 3. The average Bonchev–Trinajstić information content (AvgIpc) is 2.31. The third kappa shape index (κ3) is 9.86. The number of nitrogens with zero attached hydrogens (tertiary/aromatic N) is 2. The molecule has 0 aromatic rings. The predicted molar refractivity (Wildman–Crippen MR) is 82.3 cm³/mol. The van der Waals surface area contributed by atoms with E-state index in [0.29, 0.717) is 6.04 Å². The first kappa shape index (κ1) is 17.9. The molecule has 1 atom stereocenters. The lowest BCUT2D eigenvalue weighted by Crippen LogP contribution is -2.40. The van der Waals surface area contributed by atoms with Gasteiger partial charge in [-0.15, -0.1) is 0 Å². The predicted octanol–water partition coefficient (Wildman–Crippen LogP) is 2.43. The maximum Gasteiger partial charge on any atom is 0.0194 e. The smallest absolute Gasteiger partial charge is 0.0194 e. The molecule has 0 saturated heterocycles. The van der Waals surface area contributed by atoms with E-state index in [-0.39, 0.29) is 0 Å². The first-order valence-electron chi connectivity index (χ1n) is 7.71. The Morgan fingerprint density at radius 3 is 2.28 bits per heavy atom. The van der Waals surface area contributed by atoms with Crippen molar-refractivity contribution in [3.63, 3.8) is 0 Å². The van der Waals surface area contributed by atoms with Gasteiger partial charge >= 0.3 is 0 Å². The fourth-order valence-corrected chi connectivity index (χ4v) is 2.38. The quantitative estimate of drug-likeness (QED) is 0.542. The van der Waals surface area contributed by atoms with Crippen LogP contribution in [0.5, 0.6) is 0 Å². The molecule has 0 radical (unpaired) electrons. The molecule has 0 saturated carbocycles. The van der Waals surface area contributed by atoms with Gasteiger partial charge in [0.1, 0.15) is 0 Å². The number of hydrogen-bond donors (Lipinski definition) is 1. The van der Waals surface area contributed by atoms with Crippen molar-refractivity contribution in [3.8, 4) is 0 Å². The van der Waals surface area contributed by atoms with Crippen LogP contribution in [0.25, 0.3) is 0 Å². The van der Waals surface area contributed by atoms with Crippen LogP contribution in [-0.4, -0.2) is 62.7 Å². The van der Waals surface area contributed by atoms with Crippen LogP contribution in [0.15, 0.2) is 0 Å². The minimum absolute atomic E-state index is 0.670. The van der Waals surface area contributed by atoms with Gasteiger partial charge in [0.2, 0.25) is 0 Å². The topological polar surface area (TPSA) is 18.5 Å². The third-order valence-electron chi connectivity index (χ3n) is 3.38. The molecule has 0 aliphatic carbocycles. The van der Waals surface area contributed by atoms with E-state index in [1.807, 2.05) is 0 Å². The maximum atomic E-state index is 3.47. The van der Waals surface area contributed by atoms with E-state index in [0.717, 1.165) is 6.54 Å². The molecule has 0 spiro atoms. The number of rotatable bonds is 12. The molecular formula is C15H35N3. The van der Waals surface area contributed by atoms with Crippen LogP contribution in [0.1, 0.15) is 46.5 Å². The molecule has 0 fully saturated rings. The van der Waals surface area contributed by atoms with Crippen LogP contribution in [0.3, 0.4) is 0 Å². The Hall–Kier alpha value is -0.120. The van der Waals surface area contributed by atoms with E-state index in [1.165, 1.54) is 51.9 Å². The summed E-state index contributed by atoms with van der Waals surface area (Å²) in [5, 5.41) is 3.47. The minimum atomic E-state index is 0.670. The summed E-state index contributed by atoms with van der Waals surface area (Å²) in [4.78, 5) is 4.88. The summed E-state index contributed by atoms with van der Waals surface area (Å²) in [6, 6.07) is 0.670. The van der Waals surface area contributed by atoms with Crippen molar-refractivity contribution in [3.05, 3.63) is 0 Å². The zero-order valence-corrected chi connectivity index (χ0v) is 13.3. The summed E-state index contributed by atoms with van der Waals surface area (Å²) in [6.45, 7) is 12.8. The van der Waals surface area contributed by atoms with Crippen molar-refractivity contribution < 1.29 is 0 Å². The lowest BCUT2D eigenvalue weighted by atomic mass is 10.2. The zero-order chi connectivity index (χ0) is 13.8. The van der Waals surface area contributed by atoms with Crippen LogP contribution < -0.4 is 5.32 Å². The van der Waals surface area contributed by atoms with Crippen molar-refractivity contribution in [1.82, 2.24) is 15.1 Å². The third-order valence-corrected chi connectivity index (χ3v) is 3.38. The number of likely N-dealkylation sites (N-methyl/N-ethyl adjacent to an activating group) is 2. The molecule has 0 rings (SSSR count). The highest BCUT2D eigenvalue weighted by Crippen LogP contribution is 2.04. The second-order valence-electron chi connectivity index (χ2n) is 5.55. The minimum Gasteiger partial charge on any atom is -0.317 e. The van der Waals surface area contributed by atoms with Gasteiger partial charge in [0.25, 0.3) is 0 Å². The largest absolute Gasteiger partial charge is 0.317 e. The standard InChI is InChI=1S/C15H35N3/c1-6-11-16-12-9-8-10-13-18(7-2)15(3)14-17(4)5/h15-16H,6-14H2,1-5H3. The maximum absolute atomic E-state index is 3.47. The molecule has 110 valence electrons. The monoisotopic (exact) mass is 257 g/mol. The summed E-state index contributed by atoms with van der Waals surface area (Å²) in [5.41, 5.74) is 0. The van der Waals surface area contributed by atoms with Crippen molar-refractivity contribution in [2.45, 2.75) is 52.5 Å². The molecule has 0 amide bonds. The first-order valence-corrected chi connectivity index (χ1v) is 7.71. The van der Waals surface area contributed by atoms with E-state index in [4.69, 9.17) is 0 Å². The second-order valence-corrected chi connectivity index (χ2v) is 5.55.